The van der Waals surface area contributed by atoms with Gasteiger partial charge in [-0.05, 0) is 31.9 Å². The minimum atomic E-state index is -0.858. The first-order valence-electron chi connectivity index (χ1n) is 7.18. The van der Waals surface area contributed by atoms with Crippen LogP contribution in [0.4, 0.5) is 4.79 Å². The number of hydrogen-bond donors (Lipinski definition) is 2. The number of carbonyl (C=O) groups is 2. The third-order valence-electron chi connectivity index (χ3n) is 3.41. The number of nitrogens with zero attached hydrogens (tertiary/aromatic N) is 4. The van der Waals surface area contributed by atoms with Gasteiger partial charge in [0.2, 0.25) is 5.91 Å². The zero-order valence-corrected chi connectivity index (χ0v) is 13.3. The first-order chi connectivity index (χ1) is 11.1. The molecule has 0 aromatic carbocycles. The zero-order chi connectivity index (χ0) is 16.4. The molecule has 3 amide bonds. The van der Waals surface area contributed by atoms with Crippen LogP contribution < -0.4 is 11.1 Å². The Labute approximate surface area is 136 Å². The van der Waals surface area contributed by atoms with E-state index in [2.05, 4.69) is 20.5 Å². The lowest BCUT2D eigenvalue weighted by Gasteiger charge is -2.12. The molecule has 1 saturated carbocycles. The number of nitrogens with one attached hydrogen (secondary N) is 1. The van der Waals surface area contributed by atoms with E-state index >= 15 is 0 Å². The van der Waals surface area contributed by atoms with Gasteiger partial charge in [0.1, 0.15) is 0 Å². The molecule has 0 aliphatic heterocycles. The SMILES string of the molecule is C[C@@H](Sc1nnc(-c2ccncc2)n1C1CC1)C(=O)NC(N)=O. The molecule has 2 aromatic rings. The lowest BCUT2D eigenvalue weighted by molar-refractivity contribution is -0.119. The molecular weight excluding hydrogens is 316 g/mol. The van der Waals surface area contributed by atoms with Crippen LogP contribution in [0.15, 0.2) is 29.7 Å². The number of hydrogen-bond acceptors (Lipinski definition) is 6. The number of rotatable bonds is 5. The van der Waals surface area contributed by atoms with Gasteiger partial charge in [0.25, 0.3) is 0 Å². The number of amides is 3. The summed E-state index contributed by atoms with van der Waals surface area (Å²) < 4.78 is 2.05. The zero-order valence-electron chi connectivity index (χ0n) is 12.5. The van der Waals surface area contributed by atoms with E-state index in [1.165, 1.54) is 11.8 Å². The minimum Gasteiger partial charge on any atom is -0.351 e. The van der Waals surface area contributed by atoms with Crippen molar-refractivity contribution < 1.29 is 9.59 Å². The van der Waals surface area contributed by atoms with E-state index in [0.29, 0.717) is 11.2 Å². The smallest absolute Gasteiger partial charge is 0.318 e. The second-order valence-corrected chi connectivity index (χ2v) is 6.56. The van der Waals surface area contributed by atoms with Crippen LogP contribution in [0.2, 0.25) is 0 Å². The molecular formula is C14H16N6O2S. The molecule has 1 atom stereocenters. The molecule has 2 aromatic heterocycles. The fourth-order valence-corrected chi connectivity index (χ4v) is 3.07. The van der Waals surface area contributed by atoms with Crippen LogP contribution in [0.3, 0.4) is 0 Å². The minimum absolute atomic E-state index is 0.349. The van der Waals surface area contributed by atoms with E-state index in [-0.39, 0.29) is 0 Å². The average Bonchev–Trinajstić information content (AvgIpc) is 3.28. The van der Waals surface area contributed by atoms with Crippen LogP contribution >= 0.6 is 11.8 Å². The fraction of sp³-hybridized carbons (Fsp3) is 0.357. The number of primary amides is 1. The van der Waals surface area contributed by atoms with Crippen molar-refractivity contribution in [2.45, 2.75) is 36.2 Å². The van der Waals surface area contributed by atoms with Gasteiger partial charge in [-0.2, -0.15) is 0 Å². The highest BCUT2D eigenvalue weighted by molar-refractivity contribution is 8.00. The molecule has 0 unspecified atom stereocenters. The Morgan fingerprint density at radius 1 is 1.35 bits per heavy atom. The van der Waals surface area contributed by atoms with Crippen molar-refractivity contribution in [3.8, 4) is 11.4 Å². The van der Waals surface area contributed by atoms with Gasteiger partial charge in [0, 0.05) is 24.0 Å². The molecule has 2 heterocycles. The number of thioether (sulfide) groups is 1. The number of pyridine rings is 1. The van der Waals surface area contributed by atoms with Crippen molar-refractivity contribution in [3.05, 3.63) is 24.5 Å². The molecule has 0 radical (unpaired) electrons. The summed E-state index contributed by atoms with van der Waals surface area (Å²) in [5, 5.41) is 10.7. The van der Waals surface area contributed by atoms with Crippen molar-refractivity contribution in [3.63, 3.8) is 0 Å². The Bertz CT molecular complexity index is 728. The quantitative estimate of drug-likeness (QED) is 0.798. The van der Waals surface area contributed by atoms with Gasteiger partial charge >= 0.3 is 6.03 Å². The van der Waals surface area contributed by atoms with E-state index in [4.69, 9.17) is 5.73 Å². The van der Waals surface area contributed by atoms with E-state index in [1.807, 2.05) is 16.7 Å². The van der Waals surface area contributed by atoms with Crippen LogP contribution in [0.25, 0.3) is 11.4 Å². The molecule has 0 bridgehead atoms. The summed E-state index contributed by atoms with van der Waals surface area (Å²) in [6.45, 7) is 1.70. The van der Waals surface area contributed by atoms with Crippen molar-refractivity contribution in [2.24, 2.45) is 5.73 Å². The first kappa shape index (κ1) is 15.5. The topological polar surface area (TPSA) is 116 Å². The third kappa shape index (κ3) is 3.50. The van der Waals surface area contributed by atoms with Gasteiger partial charge < -0.3 is 5.73 Å². The summed E-state index contributed by atoms with van der Waals surface area (Å²) >= 11 is 1.26. The monoisotopic (exact) mass is 332 g/mol. The Balaban J connectivity index is 1.85. The average molecular weight is 332 g/mol. The number of carbonyl (C=O) groups excluding carboxylic acids is 2. The number of imide groups is 1. The Kier molecular flexibility index (Phi) is 4.28. The van der Waals surface area contributed by atoms with E-state index in [9.17, 15) is 9.59 Å². The van der Waals surface area contributed by atoms with Gasteiger partial charge in [0.05, 0.1) is 5.25 Å². The standard InChI is InChI=1S/C14H16N6O2S/c1-8(12(21)17-13(15)22)23-14-19-18-11(20(14)10-2-3-10)9-4-6-16-7-5-9/h4-8,10H,2-3H2,1H3,(H3,15,17,21,22)/t8-/m1/s1. The van der Waals surface area contributed by atoms with Crippen molar-refractivity contribution in [2.75, 3.05) is 0 Å². The van der Waals surface area contributed by atoms with Crippen LogP contribution in [-0.2, 0) is 4.79 Å². The highest BCUT2D eigenvalue weighted by Crippen LogP contribution is 2.41. The highest BCUT2D eigenvalue weighted by Gasteiger charge is 2.31. The molecule has 8 nitrogen and oxygen atoms in total. The van der Waals surface area contributed by atoms with Gasteiger partial charge in [0.15, 0.2) is 11.0 Å². The van der Waals surface area contributed by atoms with Crippen LogP contribution in [0.1, 0.15) is 25.8 Å². The van der Waals surface area contributed by atoms with Crippen LogP contribution in [0.5, 0.6) is 0 Å². The number of aromatic nitrogens is 4. The van der Waals surface area contributed by atoms with Crippen molar-refractivity contribution in [1.82, 2.24) is 25.1 Å². The van der Waals surface area contributed by atoms with Gasteiger partial charge in [-0.15, -0.1) is 10.2 Å². The molecule has 3 N–H and O–H groups in total. The predicted octanol–water partition coefficient (Wildman–Crippen LogP) is 1.35. The number of urea groups is 1. The maximum atomic E-state index is 11.8. The van der Waals surface area contributed by atoms with Crippen LogP contribution in [0, 0.1) is 0 Å². The normalized spacial score (nSPS) is 15.2. The molecule has 0 saturated heterocycles. The maximum absolute atomic E-state index is 11.8. The number of nitrogens with two attached hydrogens (primary N) is 1. The molecule has 1 aliphatic rings. The van der Waals surface area contributed by atoms with E-state index in [0.717, 1.165) is 24.2 Å². The molecule has 23 heavy (non-hydrogen) atoms. The third-order valence-corrected chi connectivity index (χ3v) is 4.47. The highest BCUT2D eigenvalue weighted by atomic mass is 32.2. The summed E-state index contributed by atoms with van der Waals surface area (Å²) in [6, 6.07) is 3.24. The van der Waals surface area contributed by atoms with E-state index < -0.39 is 17.2 Å². The van der Waals surface area contributed by atoms with Crippen LogP contribution in [-0.4, -0.2) is 36.9 Å². The Hall–Kier alpha value is -2.42. The lowest BCUT2D eigenvalue weighted by atomic mass is 10.2. The maximum Gasteiger partial charge on any atom is 0.318 e. The molecule has 3 rings (SSSR count). The summed E-state index contributed by atoms with van der Waals surface area (Å²) in [7, 11) is 0. The molecule has 120 valence electrons. The van der Waals surface area contributed by atoms with Gasteiger partial charge in [-0.25, -0.2) is 4.79 Å². The first-order valence-corrected chi connectivity index (χ1v) is 8.06. The summed E-state index contributed by atoms with van der Waals surface area (Å²) in [6.07, 6.45) is 5.53. The van der Waals surface area contributed by atoms with E-state index in [1.54, 1.807) is 19.3 Å². The summed E-state index contributed by atoms with van der Waals surface area (Å²) in [4.78, 5) is 26.6. The van der Waals surface area contributed by atoms with Gasteiger partial charge in [-0.3, -0.25) is 19.7 Å². The second-order valence-electron chi connectivity index (χ2n) is 5.26. The predicted molar refractivity (Wildman–Crippen MR) is 84.6 cm³/mol. The summed E-state index contributed by atoms with van der Waals surface area (Å²) in [5.41, 5.74) is 5.90. The fourth-order valence-electron chi connectivity index (χ4n) is 2.15. The molecule has 0 spiro atoms. The second kappa shape index (κ2) is 6.37. The lowest BCUT2D eigenvalue weighted by Crippen LogP contribution is -2.39. The Morgan fingerprint density at radius 3 is 2.65 bits per heavy atom. The largest absolute Gasteiger partial charge is 0.351 e. The molecule has 9 heteroatoms. The van der Waals surface area contributed by atoms with Crippen molar-refractivity contribution >= 4 is 23.7 Å². The van der Waals surface area contributed by atoms with Crippen molar-refractivity contribution in [1.29, 1.82) is 0 Å². The molecule has 1 fully saturated rings. The summed E-state index contributed by atoms with van der Waals surface area (Å²) in [5.74, 6) is 0.318. The molecule has 1 aliphatic carbocycles. The Morgan fingerprint density at radius 2 is 2.04 bits per heavy atom. The van der Waals surface area contributed by atoms with Gasteiger partial charge in [-0.1, -0.05) is 11.8 Å².